The van der Waals surface area contributed by atoms with Crippen LogP contribution in [0.4, 0.5) is 0 Å². The van der Waals surface area contributed by atoms with Crippen LogP contribution >= 0.6 is 0 Å². The lowest BCUT2D eigenvalue weighted by Crippen LogP contribution is -2.07. The second-order valence-corrected chi connectivity index (χ2v) is 4.62. The first-order chi connectivity index (χ1) is 10.2. The quantitative estimate of drug-likeness (QED) is 0.379. The number of aliphatic imine (C=N–C) groups is 1. The van der Waals surface area contributed by atoms with Gasteiger partial charge < -0.3 is 10.4 Å². The monoisotopic (exact) mass is 285 g/mol. The number of hydrogen-bond acceptors (Lipinski definition) is 3. The summed E-state index contributed by atoms with van der Waals surface area (Å²) >= 11 is 0. The van der Waals surface area contributed by atoms with Crippen molar-refractivity contribution in [1.29, 1.82) is 5.41 Å². The van der Waals surface area contributed by atoms with Crippen molar-refractivity contribution in [3.63, 3.8) is 0 Å². The SMILES string of the molecule is C\C=C/C(=C\C(=C/C)CN=CNC=N)C1C=CC(O)=CC1. The second kappa shape index (κ2) is 9.53. The molecular formula is C17H23N3O. The fourth-order valence-corrected chi connectivity index (χ4v) is 2.00. The summed E-state index contributed by atoms with van der Waals surface area (Å²) in [5.41, 5.74) is 2.30. The smallest absolute Gasteiger partial charge is 0.111 e. The highest BCUT2D eigenvalue weighted by atomic mass is 16.3. The Kier molecular flexibility index (Phi) is 7.58. The van der Waals surface area contributed by atoms with Crippen LogP contribution < -0.4 is 5.32 Å². The molecule has 0 heterocycles. The Morgan fingerprint density at radius 1 is 1.52 bits per heavy atom. The number of hydrogen-bond donors (Lipinski definition) is 3. The van der Waals surface area contributed by atoms with Crippen LogP contribution in [0.1, 0.15) is 20.3 Å². The number of nitrogens with zero attached hydrogens (tertiary/aromatic N) is 1. The molecule has 112 valence electrons. The molecule has 0 aromatic rings. The van der Waals surface area contributed by atoms with Crippen LogP contribution in [0.25, 0.3) is 0 Å². The Balaban J connectivity index is 2.83. The molecule has 0 bridgehead atoms. The van der Waals surface area contributed by atoms with Crippen LogP contribution in [-0.2, 0) is 0 Å². The first-order valence-electron chi connectivity index (χ1n) is 7.01. The zero-order valence-electron chi connectivity index (χ0n) is 12.6. The highest BCUT2D eigenvalue weighted by Gasteiger charge is 2.11. The van der Waals surface area contributed by atoms with E-state index in [1.54, 1.807) is 6.08 Å². The Bertz CT molecular complexity index is 522. The van der Waals surface area contributed by atoms with Gasteiger partial charge >= 0.3 is 0 Å². The van der Waals surface area contributed by atoms with E-state index in [1.807, 2.05) is 38.2 Å². The first-order valence-corrected chi connectivity index (χ1v) is 7.01. The molecule has 0 amide bonds. The Morgan fingerprint density at radius 3 is 2.90 bits per heavy atom. The Labute approximate surface area is 126 Å². The van der Waals surface area contributed by atoms with Crippen molar-refractivity contribution < 1.29 is 5.11 Å². The molecule has 1 unspecified atom stereocenters. The lowest BCUT2D eigenvalue weighted by molar-refractivity contribution is 0.423. The maximum Gasteiger partial charge on any atom is 0.111 e. The van der Waals surface area contributed by atoms with Gasteiger partial charge in [0.25, 0.3) is 0 Å². The molecule has 1 aliphatic carbocycles. The maximum absolute atomic E-state index is 9.41. The van der Waals surface area contributed by atoms with Crippen LogP contribution in [0.5, 0.6) is 0 Å². The van der Waals surface area contributed by atoms with Crippen molar-refractivity contribution in [2.45, 2.75) is 20.3 Å². The van der Waals surface area contributed by atoms with Crippen molar-refractivity contribution in [3.05, 3.63) is 59.4 Å². The molecule has 0 aromatic carbocycles. The molecule has 0 saturated carbocycles. The average molecular weight is 285 g/mol. The molecule has 0 aromatic heterocycles. The van der Waals surface area contributed by atoms with E-state index in [1.165, 1.54) is 11.9 Å². The molecule has 0 fully saturated rings. The van der Waals surface area contributed by atoms with Gasteiger partial charge in [0.1, 0.15) is 5.76 Å². The fraction of sp³-hybridized carbons (Fsp3) is 0.294. The summed E-state index contributed by atoms with van der Waals surface area (Å²) in [6.07, 6.45) is 17.3. The molecule has 21 heavy (non-hydrogen) atoms. The summed E-state index contributed by atoms with van der Waals surface area (Å²) in [5.74, 6) is 0.607. The molecule has 1 atom stereocenters. The van der Waals surface area contributed by atoms with Crippen LogP contribution in [0, 0.1) is 11.3 Å². The summed E-state index contributed by atoms with van der Waals surface area (Å²) in [4.78, 5) is 4.21. The van der Waals surface area contributed by atoms with Crippen LogP contribution in [0.3, 0.4) is 0 Å². The maximum atomic E-state index is 9.41. The third kappa shape index (κ3) is 6.08. The van der Waals surface area contributed by atoms with Gasteiger partial charge in [-0.1, -0.05) is 30.4 Å². The Morgan fingerprint density at radius 2 is 2.33 bits per heavy atom. The van der Waals surface area contributed by atoms with E-state index in [4.69, 9.17) is 5.41 Å². The van der Waals surface area contributed by atoms with Gasteiger partial charge in [-0.25, -0.2) is 0 Å². The minimum Gasteiger partial charge on any atom is -0.508 e. The second-order valence-electron chi connectivity index (χ2n) is 4.62. The summed E-state index contributed by atoms with van der Waals surface area (Å²) in [5, 5.41) is 18.9. The van der Waals surface area contributed by atoms with Crippen LogP contribution in [0.15, 0.2) is 64.4 Å². The molecule has 1 aliphatic rings. The van der Waals surface area contributed by atoms with Gasteiger partial charge in [0, 0.05) is 5.92 Å². The van der Waals surface area contributed by atoms with Crippen LogP contribution in [0.2, 0.25) is 0 Å². The largest absolute Gasteiger partial charge is 0.508 e. The molecule has 4 nitrogen and oxygen atoms in total. The van der Waals surface area contributed by atoms with E-state index in [9.17, 15) is 5.11 Å². The van der Waals surface area contributed by atoms with Gasteiger partial charge in [-0.3, -0.25) is 10.4 Å². The summed E-state index contributed by atoms with van der Waals surface area (Å²) < 4.78 is 0. The van der Waals surface area contributed by atoms with Crippen molar-refractivity contribution >= 4 is 12.7 Å². The van der Waals surface area contributed by atoms with Crippen molar-refractivity contribution in [1.82, 2.24) is 5.32 Å². The number of rotatable bonds is 7. The van der Waals surface area contributed by atoms with E-state index in [0.29, 0.717) is 12.3 Å². The minimum atomic E-state index is 0.274. The molecule has 0 saturated heterocycles. The predicted octanol–water partition coefficient (Wildman–Crippen LogP) is 3.68. The van der Waals surface area contributed by atoms with E-state index in [0.717, 1.165) is 18.3 Å². The molecule has 0 spiro atoms. The van der Waals surface area contributed by atoms with Gasteiger partial charge in [-0.05, 0) is 43.6 Å². The van der Waals surface area contributed by atoms with Crippen molar-refractivity contribution in [3.8, 4) is 0 Å². The minimum absolute atomic E-state index is 0.274. The average Bonchev–Trinajstić information content (AvgIpc) is 2.50. The third-order valence-electron chi connectivity index (χ3n) is 3.11. The fourth-order valence-electron chi connectivity index (χ4n) is 2.00. The Hall–Kier alpha value is -2.36. The third-order valence-corrected chi connectivity index (χ3v) is 3.11. The molecule has 3 N–H and O–H groups in total. The highest BCUT2D eigenvalue weighted by Crippen LogP contribution is 2.25. The number of allylic oxidation sites excluding steroid dienone is 7. The van der Waals surface area contributed by atoms with E-state index < -0.39 is 0 Å². The highest BCUT2D eigenvalue weighted by molar-refractivity contribution is 5.72. The molecule has 0 radical (unpaired) electrons. The first kappa shape index (κ1) is 16.7. The molecule has 1 rings (SSSR count). The van der Waals surface area contributed by atoms with Gasteiger partial charge in [0.2, 0.25) is 0 Å². The number of aliphatic hydroxyl groups excluding tert-OH is 1. The summed E-state index contributed by atoms with van der Waals surface area (Å²) in [6.45, 7) is 4.55. The normalized spacial score (nSPS) is 20.1. The van der Waals surface area contributed by atoms with Crippen molar-refractivity contribution in [2.75, 3.05) is 6.54 Å². The zero-order chi connectivity index (χ0) is 15.5. The number of nitrogens with one attached hydrogen (secondary N) is 2. The summed E-state index contributed by atoms with van der Waals surface area (Å²) in [6, 6.07) is 0. The van der Waals surface area contributed by atoms with E-state index in [-0.39, 0.29) is 5.92 Å². The van der Waals surface area contributed by atoms with E-state index in [2.05, 4.69) is 22.5 Å². The van der Waals surface area contributed by atoms with Gasteiger partial charge in [0.05, 0.1) is 19.2 Å². The topological polar surface area (TPSA) is 68.5 Å². The van der Waals surface area contributed by atoms with Gasteiger partial charge in [-0.15, -0.1) is 0 Å². The summed E-state index contributed by atoms with van der Waals surface area (Å²) in [7, 11) is 0. The molecule has 4 heteroatoms. The standard InChI is InChI=1S/C17H23N3O/c1-3-5-16(15-6-8-17(21)9-7-15)10-14(4-2)11-19-13-20-12-18/h3-6,8-10,12-13,15,21H,7,11H2,1-2H3,(H2,18,19,20)/b5-3-,14-4+,16-10+. The predicted molar refractivity (Wildman–Crippen MR) is 89.9 cm³/mol. The van der Waals surface area contributed by atoms with Crippen molar-refractivity contribution in [2.24, 2.45) is 10.9 Å². The zero-order valence-corrected chi connectivity index (χ0v) is 12.6. The lowest BCUT2D eigenvalue weighted by Gasteiger charge is -2.16. The lowest BCUT2D eigenvalue weighted by atomic mass is 9.90. The molecular weight excluding hydrogens is 262 g/mol. The van der Waals surface area contributed by atoms with Gasteiger partial charge in [-0.2, -0.15) is 0 Å². The van der Waals surface area contributed by atoms with Crippen LogP contribution in [-0.4, -0.2) is 24.3 Å². The number of aliphatic hydroxyl groups is 1. The molecule has 0 aliphatic heterocycles. The van der Waals surface area contributed by atoms with E-state index >= 15 is 0 Å². The van der Waals surface area contributed by atoms with Gasteiger partial charge in [0.15, 0.2) is 0 Å².